The van der Waals surface area contributed by atoms with Gasteiger partial charge in [-0.05, 0) is 6.92 Å². The second-order valence-corrected chi connectivity index (χ2v) is 7.29. The zero-order valence-electron chi connectivity index (χ0n) is 14.1. The number of rotatable bonds is 12. The van der Waals surface area contributed by atoms with Crippen LogP contribution in [0.4, 0.5) is 0 Å². The third-order valence-electron chi connectivity index (χ3n) is 2.96. The number of nitrogens with zero attached hydrogens (tertiary/aromatic N) is 1. The van der Waals surface area contributed by atoms with Crippen LogP contribution >= 0.6 is 7.82 Å². The summed E-state index contributed by atoms with van der Waals surface area (Å²) < 4.78 is 26.2. The number of hydrogen-bond acceptors (Lipinski definition) is 7. The monoisotopic (exact) mass is 369 g/mol. The van der Waals surface area contributed by atoms with Gasteiger partial charge in [0.1, 0.15) is 32.3 Å². The van der Waals surface area contributed by atoms with Gasteiger partial charge >= 0.3 is 19.8 Å². The number of ether oxygens (including phenoxy) is 1. The molecule has 0 radical (unpaired) electrons. The molecule has 0 saturated carbocycles. The number of carboxylic acid groups (broad SMARTS) is 1. The third-order valence-corrected chi connectivity index (χ3v) is 3.95. The second kappa shape index (κ2) is 9.87. The van der Waals surface area contributed by atoms with Crippen LogP contribution in [0.5, 0.6) is 0 Å². The van der Waals surface area contributed by atoms with Crippen LogP contribution in [-0.2, 0) is 27.9 Å². The minimum absolute atomic E-state index is 0.114. The van der Waals surface area contributed by atoms with Crippen LogP contribution in [0.1, 0.15) is 6.92 Å². The summed E-state index contributed by atoms with van der Waals surface area (Å²) in [6, 6.07) is -1.41. The van der Waals surface area contributed by atoms with Crippen molar-refractivity contribution in [2.45, 2.75) is 13.0 Å². The lowest BCUT2D eigenvalue weighted by atomic mass is 10.3. The Morgan fingerprint density at radius 2 is 1.79 bits per heavy atom. The Kier molecular flexibility index (Phi) is 9.34. The highest BCUT2D eigenvalue weighted by Gasteiger charge is 2.26. The number of hydrogen-bond donors (Lipinski definition) is 3. The highest BCUT2D eigenvalue weighted by Crippen LogP contribution is 2.42. The van der Waals surface area contributed by atoms with Gasteiger partial charge in [0.2, 0.25) is 0 Å². The molecule has 140 valence electrons. The third kappa shape index (κ3) is 10.5. The van der Waals surface area contributed by atoms with E-state index in [0.29, 0.717) is 23.1 Å². The summed E-state index contributed by atoms with van der Waals surface area (Å²) in [5, 5.41) is 8.56. The number of carboxylic acids is 1. The number of likely N-dealkylation sites (N-methyl/N-ethyl adjacent to an activating group) is 1. The maximum Gasteiger partial charge on any atom is 0.472 e. The van der Waals surface area contributed by atoms with Crippen molar-refractivity contribution in [3.05, 3.63) is 12.2 Å². The molecule has 0 aliphatic rings. The van der Waals surface area contributed by atoms with E-state index in [9.17, 15) is 19.0 Å². The molecule has 0 aromatic rings. The van der Waals surface area contributed by atoms with Gasteiger partial charge < -0.3 is 25.0 Å². The van der Waals surface area contributed by atoms with Gasteiger partial charge in [0.05, 0.1) is 20.7 Å². The van der Waals surface area contributed by atoms with Crippen molar-refractivity contribution in [3.8, 4) is 0 Å². The van der Waals surface area contributed by atoms with Gasteiger partial charge in [-0.2, -0.15) is 0 Å². The molecule has 0 saturated heterocycles. The van der Waals surface area contributed by atoms with Crippen molar-refractivity contribution >= 4 is 19.8 Å². The van der Waals surface area contributed by atoms with Gasteiger partial charge in [-0.3, -0.25) is 13.8 Å². The predicted octanol–water partition coefficient (Wildman–Crippen LogP) is -0.272. The molecule has 0 bridgehead atoms. The summed E-state index contributed by atoms with van der Waals surface area (Å²) in [5.74, 6) is -1.83. The highest BCUT2D eigenvalue weighted by molar-refractivity contribution is 7.47. The van der Waals surface area contributed by atoms with E-state index in [1.54, 1.807) is 6.92 Å². The summed E-state index contributed by atoms with van der Waals surface area (Å²) in [6.45, 7) is 5.23. The first-order chi connectivity index (χ1) is 10.9. The summed E-state index contributed by atoms with van der Waals surface area (Å²) in [7, 11) is -0.735. The number of quaternary nitrogens is 1. The van der Waals surface area contributed by atoms with Crippen molar-refractivity contribution in [2.75, 3.05) is 47.0 Å². The Hall–Kier alpha value is -1.29. The number of phosphoric acid groups is 1. The summed E-state index contributed by atoms with van der Waals surface area (Å²) >= 11 is 0. The number of aliphatic carboxylic acids is 1. The molecule has 2 atom stereocenters. The largest absolute Gasteiger partial charge is 0.480 e. The first kappa shape index (κ1) is 22.7. The van der Waals surface area contributed by atoms with Crippen molar-refractivity contribution < 1.29 is 42.4 Å². The zero-order valence-corrected chi connectivity index (χ0v) is 15.0. The molecule has 0 rings (SSSR count). The van der Waals surface area contributed by atoms with Crippen molar-refractivity contribution in [3.63, 3.8) is 0 Å². The normalized spacial score (nSPS) is 15.4. The minimum atomic E-state index is -4.38. The molecule has 4 N–H and O–H groups in total. The van der Waals surface area contributed by atoms with Crippen LogP contribution in [0.15, 0.2) is 12.2 Å². The number of carbonyl (C=O) groups is 2. The Bertz CT molecular complexity index is 508. The predicted molar refractivity (Wildman–Crippen MR) is 85.0 cm³/mol. The topological polar surface area (TPSA) is 145 Å². The molecule has 0 spiro atoms. The lowest BCUT2D eigenvalue weighted by molar-refractivity contribution is -0.890. The van der Waals surface area contributed by atoms with Crippen LogP contribution in [0, 0.1) is 0 Å². The standard InChI is InChI=1S/C13H25N2O8P/c1-10(2)13(18)21-7-5-15(3,4)6-8-22-24(19,20)23-9-11(14)12(16)17/h11H,1,5-9,14H2,2-4H3,(H-,16,17,19,20)/p+1. The molecule has 0 aromatic heterocycles. The fourth-order valence-corrected chi connectivity index (χ4v) is 2.04. The molecule has 0 aliphatic carbocycles. The van der Waals surface area contributed by atoms with Gasteiger partial charge in [-0.25, -0.2) is 9.36 Å². The van der Waals surface area contributed by atoms with Crippen LogP contribution < -0.4 is 5.73 Å². The quantitative estimate of drug-likeness (QED) is 0.183. The number of carbonyl (C=O) groups excluding carboxylic acids is 1. The van der Waals surface area contributed by atoms with Gasteiger partial charge in [0, 0.05) is 5.57 Å². The van der Waals surface area contributed by atoms with E-state index < -0.39 is 32.4 Å². The van der Waals surface area contributed by atoms with E-state index in [4.69, 9.17) is 20.1 Å². The summed E-state index contributed by atoms with van der Waals surface area (Å²) in [5.41, 5.74) is 5.47. The Morgan fingerprint density at radius 3 is 2.29 bits per heavy atom. The average molecular weight is 369 g/mol. The van der Waals surface area contributed by atoms with Gasteiger partial charge in [-0.1, -0.05) is 6.58 Å². The maximum atomic E-state index is 11.6. The molecular weight excluding hydrogens is 343 g/mol. The minimum Gasteiger partial charge on any atom is -0.480 e. The Morgan fingerprint density at radius 1 is 1.25 bits per heavy atom. The zero-order chi connectivity index (χ0) is 19.0. The van der Waals surface area contributed by atoms with E-state index >= 15 is 0 Å². The number of nitrogens with two attached hydrogens (primary N) is 1. The molecule has 0 heterocycles. The van der Waals surface area contributed by atoms with Crippen molar-refractivity contribution in [1.82, 2.24) is 0 Å². The molecule has 0 fully saturated rings. The average Bonchev–Trinajstić information content (AvgIpc) is 2.43. The highest BCUT2D eigenvalue weighted by atomic mass is 31.2. The lowest BCUT2D eigenvalue weighted by Crippen LogP contribution is -2.44. The van der Waals surface area contributed by atoms with E-state index in [1.165, 1.54) is 0 Å². The second-order valence-electron chi connectivity index (χ2n) is 5.84. The van der Waals surface area contributed by atoms with Crippen molar-refractivity contribution in [2.24, 2.45) is 5.73 Å². The fourth-order valence-electron chi connectivity index (χ4n) is 1.31. The van der Waals surface area contributed by atoms with Crippen LogP contribution in [0.3, 0.4) is 0 Å². The molecule has 10 nitrogen and oxygen atoms in total. The van der Waals surface area contributed by atoms with Gasteiger partial charge in [0.25, 0.3) is 0 Å². The molecular formula is C13H26N2O8P+. The molecule has 0 aliphatic heterocycles. The number of esters is 1. The Balaban J connectivity index is 4.13. The lowest BCUT2D eigenvalue weighted by Gasteiger charge is -2.29. The van der Waals surface area contributed by atoms with Crippen molar-refractivity contribution in [1.29, 1.82) is 0 Å². The fraction of sp³-hybridized carbons (Fsp3) is 0.692. The maximum absolute atomic E-state index is 11.6. The molecule has 0 amide bonds. The van der Waals surface area contributed by atoms with Crippen LogP contribution in [0.25, 0.3) is 0 Å². The van der Waals surface area contributed by atoms with Gasteiger partial charge in [-0.15, -0.1) is 0 Å². The van der Waals surface area contributed by atoms with E-state index in [0.717, 1.165) is 0 Å². The molecule has 2 unspecified atom stereocenters. The first-order valence-corrected chi connectivity index (χ1v) is 8.61. The SMILES string of the molecule is C=C(C)C(=O)OCC[N+](C)(C)CCOP(=O)(O)OCC(N)C(=O)O. The van der Waals surface area contributed by atoms with Crippen LogP contribution in [0.2, 0.25) is 0 Å². The summed E-state index contributed by atoms with van der Waals surface area (Å²) in [6.07, 6.45) is 0. The molecule has 11 heteroatoms. The number of phosphoric ester groups is 1. The molecule has 24 heavy (non-hydrogen) atoms. The smallest absolute Gasteiger partial charge is 0.472 e. The molecule has 0 aromatic carbocycles. The summed E-state index contributed by atoms with van der Waals surface area (Å²) in [4.78, 5) is 31.2. The first-order valence-electron chi connectivity index (χ1n) is 7.11. The Labute approximate surface area is 141 Å². The van der Waals surface area contributed by atoms with E-state index in [2.05, 4.69) is 11.1 Å². The van der Waals surface area contributed by atoms with E-state index in [1.807, 2.05) is 14.1 Å². The van der Waals surface area contributed by atoms with E-state index in [-0.39, 0.29) is 13.2 Å². The van der Waals surface area contributed by atoms with Gasteiger partial charge in [0.15, 0.2) is 0 Å². The van der Waals surface area contributed by atoms with Crippen LogP contribution in [-0.4, -0.2) is 79.5 Å².